The Morgan fingerprint density at radius 2 is 1.92 bits per heavy atom. The summed E-state index contributed by atoms with van der Waals surface area (Å²) in [6.45, 7) is 3.38. The molecule has 0 radical (unpaired) electrons. The molecule has 0 saturated heterocycles. The number of amides is 1. The molecular weight excluding hydrogens is 363 g/mol. The Kier molecular flexibility index (Phi) is 6.79. The number of benzene rings is 1. The Balaban J connectivity index is 2.01. The van der Waals surface area contributed by atoms with Crippen LogP contribution in [0.25, 0.3) is 0 Å². The van der Waals surface area contributed by atoms with Gasteiger partial charge in [0.15, 0.2) is 11.9 Å². The molecular formula is C18H18Cl2N2O3. The highest BCUT2D eigenvalue weighted by molar-refractivity contribution is 6.36. The lowest BCUT2D eigenvalue weighted by Crippen LogP contribution is -2.32. The molecule has 132 valence electrons. The fraction of sp³-hybridized carbons (Fsp3) is 0.278. The first-order valence-electron chi connectivity index (χ1n) is 7.79. The van der Waals surface area contributed by atoms with E-state index in [0.29, 0.717) is 11.4 Å². The molecule has 7 heteroatoms. The summed E-state index contributed by atoms with van der Waals surface area (Å²) in [4.78, 5) is 28.5. The Hall–Kier alpha value is -2.11. The Labute approximate surface area is 156 Å². The number of nitrogens with one attached hydrogen (secondary N) is 1. The minimum absolute atomic E-state index is 0.161. The lowest BCUT2D eigenvalue weighted by molar-refractivity contribution is -0.154. The molecule has 0 aliphatic rings. The number of aromatic nitrogens is 1. The van der Waals surface area contributed by atoms with Crippen molar-refractivity contribution in [3.05, 3.63) is 58.2 Å². The summed E-state index contributed by atoms with van der Waals surface area (Å²) in [6.07, 6.45) is 0.947. The van der Waals surface area contributed by atoms with Crippen LogP contribution in [0.3, 0.4) is 0 Å². The van der Waals surface area contributed by atoms with E-state index in [2.05, 4.69) is 10.3 Å². The van der Waals surface area contributed by atoms with Crippen molar-refractivity contribution in [2.45, 2.75) is 32.3 Å². The van der Waals surface area contributed by atoms with Crippen LogP contribution < -0.4 is 5.32 Å². The maximum Gasteiger partial charge on any atom is 0.314 e. The van der Waals surface area contributed by atoms with E-state index in [-0.39, 0.29) is 10.8 Å². The minimum Gasteiger partial charge on any atom is -0.452 e. The lowest BCUT2D eigenvalue weighted by Gasteiger charge is -2.18. The summed E-state index contributed by atoms with van der Waals surface area (Å²) < 4.78 is 5.31. The molecule has 5 nitrogen and oxygen atoms in total. The van der Waals surface area contributed by atoms with Gasteiger partial charge in [-0.3, -0.25) is 9.59 Å². The van der Waals surface area contributed by atoms with Crippen LogP contribution in [0.2, 0.25) is 10.0 Å². The molecule has 0 aliphatic heterocycles. The zero-order chi connectivity index (χ0) is 18.4. The van der Waals surface area contributed by atoms with E-state index in [0.717, 1.165) is 5.56 Å². The zero-order valence-corrected chi connectivity index (χ0v) is 15.3. The van der Waals surface area contributed by atoms with Gasteiger partial charge in [-0.2, -0.15) is 0 Å². The second-order valence-corrected chi connectivity index (χ2v) is 6.27. The second kappa shape index (κ2) is 8.83. The molecule has 25 heavy (non-hydrogen) atoms. The fourth-order valence-electron chi connectivity index (χ4n) is 2.26. The van der Waals surface area contributed by atoms with Gasteiger partial charge in [-0.1, -0.05) is 60.5 Å². The van der Waals surface area contributed by atoms with Crippen LogP contribution in [0.4, 0.5) is 5.82 Å². The van der Waals surface area contributed by atoms with Gasteiger partial charge < -0.3 is 10.1 Å². The highest BCUT2D eigenvalue weighted by Crippen LogP contribution is 2.24. The van der Waals surface area contributed by atoms with Crippen molar-refractivity contribution in [2.24, 2.45) is 0 Å². The number of hydrogen-bond acceptors (Lipinski definition) is 4. The first kappa shape index (κ1) is 19.2. The average Bonchev–Trinajstić information content (AvgIpc) is 2.58. The maximum atomic E-state index is 12.4. The predicted molar refractivity (Wildman–Crippen MR) is 97.9 cm³/mol. The highest BCUT2D eigenvalue weighted by Gasteiger charge is 2.25. The van der Waals surface area contributed by atoms with Crippen molar-refractivity contribution in [1.29, 1.82) is 0 Å². The van der Waals surface area contributed by atoms with Gasteiger partial charge in [0.2, 0.25) is 0 Å². The summed E-state index contributed by atoms with van der Waals surface area (Å²) in [5.74, 6) is -1.23. The Morgan fingerprint density at radius 3 is 2.52 bits per heavy atom. The van der Waals surface area contributed by atoms with Crippen molar-refractivity contribution >= 4 is 40.9 Å². The number of pyridine rings is 1. The highest BCUT2D eigenvalue weighted by atomic mass is 35.5. The van der Waals surface area contributed by atoms with Gasteiger partial charge in [0.05, 0.1) is 16.0 Å². The number of carbonyl (C=O) groups excluding carboxylic acids is 2. The molecule has 1 aromatic carbocycles. The second-order valence-electron chi connectivity index (χ2n) is 5.42. The van der Waals surface area contributed by atoms with Gasteiger partial charge in [-0.25, -0.2) is 4.98 Å². The summed E-state index contributed by atoms with van der Waals surface area (Å²) in [7, 11) is 0. The first-order chi connectivity index (χ1) is 11.9. The molecule has 0 spiro atoms. The first-order valence-corrected chi connectivity index (χ1v) is 8.55. The third-order valence-electron chi connectivity index (χ3n) is 3.61. The van der Waals surface area contributed by atoms with Crippen LogP contribution in [0.5, 0.6) is 0 Å². The summed E-state index contributed by atoms with van der Waals surface area (Å²) in [6, 6.07) is 10.8. The summed E-state index contributed by atoms with van der Waals surface area (Å²) >= 11 is 11.7. The van der Waals surface area contributed by atoms with E-state index in [1.54, 1.807) is 0 Å². The molecule has 1 N–H and O–H groups in total. The van der Waals surface area contributed by atoms with E-state index in [9.17, 15) is 9.59 Å². The molecule has 2 atom stereocenters. The molecule has 1 aromatic heterocycles. The SMILES string of the molecule is CC[C@H](C(=O)O[C@@H](C)C(=O)Nc1ncc(Cl)cc1Cl)c1ccccc1. The van der Waals surface area contributed by atoms with Crippen LogP contribution >= 0.6 is 23.2 Å². The van der Waals surface area contributed by atoms with Crippen molar-refractivity contribution in [1.82, 2.24) is 4.98 Å². The van der Waals surface area contributed by atoms with E-state index >= 15 is 0 Å². The average molecular weight is 381 g/mol. The molecule has 1 heterocycles. The largest absolute Gasteiger partial charge is 0.452 e. The van der Waals surface area contributed by atoms with Crippen LogP contribution in [0.1, 0.15) is 31.7 Å². The smallest absolute Gasteiger partial charge is 0.314 e. The van der Waals surface area contributed by atoms with E-state index in [1.165, 1.54) is 19.2 Å². The van der Waals surface area contributed by atoms with Gasteiger partial charge in [0, 0.05) is 6.20 Å². The van der Waals surface area contributed by atoms with Crippen molar-refractivity contribution < 1.29 is 14.3 Å². The number of ether oxygens (including phenoxy) is 1. The number of anilines is 1. The maximum absolute atomic E-state index is 12.4. The number of esters is 1. The van der Waals surface area contributed by atoms with Gasteiger partial charge >= 0.3 is 5.97 Å². The van der Waals surface area contributed by atoms with Gasteiger partial charge in [0.25, 0.3) is 5.91 Å². The topological polar surface area (TPSA) is 68.3 Å². The van der Waals surface area contributed by atoms with Gasteiger partial charge in [-0.05, 0) is 25.0 Å². The third-order valence-corrected chi connectivity index (χ3v) is 4.10. The normalized spacial score (nSPS) is 13.0. The number of hydrogen-bond donors (Lipinski definition) is 1. The van der Waals surface area contributed by atoms with Crippen molar-refractivity contribution in [2.75, 3.05) is 5.32 Å². The zero-order valence-electron chi connectivity index (χ0n) is 13.8. The summed E-state index contributed by atoms with van der Waals surface area (Å²) in [5.41, 5.74) is 0.852. The van der Waals surface area contributed by atoms with Gasteiger partial charge in [0.1, 0.15) is 0 Å². The molecule has 2 rings (SSSR count). The molecule has 2 aromatic rings. The standard InChI is InChI=1S/C18H18Cl2N2O3/c1-3-14(12-7-5-4-6-8-12)18(24)25-11(2)17(23)22-16-15(20)9-13(19)10-21-16/h4-11,14H,3H2,1-2H3,(H,21,22,23)/t11-,14-/m0/s1. The third kappa shape index (κ3) is 5.18. The number of halogens is 2. The van der Waals surface area contributed by atoms with E-state index in [4.69, 9.17) is 27.9 Å². The number of nitrogens with zero attached hydrogens (tertiary/aromatic N) is 1. The van der Waals surface area contributed by atoms with Crippen LogP contribution in [0, 0.1) is 0 Å². The lowest BCUT2D eigenvalue weighted by atomic mass is 9.97. The molecule has 0 bridgehead atoms. The van der Waals surface area contributed by atoms with E-state index in [1.807, 2.05) is 37.3 Å². The molecule has 0 unspecified atom stereocenters. The van der Waals surface area contributed by atoms with Crippen LogP contribution in [-0.2, 0) is 14.3 Å². The number of rotatable bonds is 6. The molecule has 1 amide bonds. The Bertz CT molecular complexity index is 753. The predicted octanol–water partition coefficient (Wildman–Crippen LogP) is 4.45. The van der Waals surface area contributed by atoms with Crippen LogP contribution in [-0.4, -0.2) is 23.0 Å². The summed E-state index contributed by atoms with van der Waals surface area (Å²) in [5, 5.41) is 3.08. The monoisotopic (exact) mass is 380 g/mol. The Morgan fingerprint density at radius 1 is 1.24 bits per heavy atom. The minimum atomic E-state index is -0.987. The van der Waals surface area contributed by atoms with Crippen LogP contribution in [0.15, 0.2) is 42.6 Å². The quantitative estimate of drug-likeness (QED) is 0.751. The number of carbonyl (C=O) groups is 2. The van der Waals surface area contributed by atoms with Crippen molar-refractivity contribution in [3.63, 3.8) is 0 Å². The van der Waals surface area contributed by atoms with E-state index < -0.39 is 23.9 Å². The molecule has 0 saturated carbocycles. The fourth-order valence-corrected chi connectivity index (χ4v) is 2.69. The molecule has 0 aliphatic carbocycles. The van der Waals surface area contributed by atoms with Crippen molar-refractivity contribution in [3.8, 4) is 0 Å². The van der Waals surface area contributed by atoms with Gasteiger partial charge in [-0.15, -0.1) is 0 Å². The molecule has 0 fully saturated rings.